The van der Waals surface area contributed by atoms with Crippen molar-refractivity contribution < 1.29 is 28.3 Å². The van der Waals surface area contributed by atoms with Crippen molar-refractivity contribution in [3.05, 3.63) is 68.9 Å². The molecule has 0 amide bonds. The number of ether oxygens (including phenoxy) is 2. The Morgan fingerprint density at radius 1 is 1.18 bits per heavy atom. The summed E-state index contributed by atoms with van der Waals surface area (Å²) in [4.78, 5) is 53.0. The number of rotatable bonds is 4. The Morgan fingerprint density at radius 2 is 1.88 bits per heavy atom. The van der Waals surface area contributed by atoms with E-state index in [4.69, 9.17) is 13.9 Å². The predicted octanol–water partition coefficient (Wildman–Crippen LogP) is 3.36. The second-order valence-corrected chi connectivity index (χ2v) is 9.01. The molecule has 1 aliphatic heterocycles. The summed E-state index contributed by atoms with van der Waals surface area (Å²) >= 11 is 0. The zero-order valence-electron chi connectivity index (χ0n) is 19.8. The van der Waals surface area contributed by atoms with E-state index in [0.29, 0.717) is 28.8 Å². The molecule has 0 saturated heterocycles. The maximum Gasteiger partial charge on any atom is 0.337 e. The molecule has 0 saturated carbocycles. The summed E-state index contributed by atoms with van der Waals surface area (Å²) in [6, 6.07) is 6.76. The first-order chi connectivity index (χ1) is 16.1. The minimum Gasteiger partial charge on any atom is -0.468 e. The first kappa shape index (κ1) is 23.5. The van der Waals surface area contributed by atoms with Crippen LogP contribution in [0.5, 0.6) is 0 Å². The average Bonchev–Trinajstić information content (AvgIpc) is 2.78. The molecule has 1 aromatic heterocycles. The van der Waals surface area contributed by atoms with Crippen molar-refractivity contribution in [2.45, 2.75) is 46.1 Å². The van der Waals surface area contributed by atoms with Crippen molar-refractivity contribution in [1.82, 2.24) is 5.32 Å². The van der Waals surface area contributed by atoms with Crippen LogP contribution in [-0.2, 0) is 23.9 Å². The molecule has 1 N–H and O–H groups in total. The standard InChI is InChI=1S/C26H27NO7/c1-12(2)34-26(31)20-14(4)27-17-10-13(3)19(25(30)32-5)24(29)22(17)21(20)16-11-33-18-9-7-6-8-15(18)23(16)28/h6-9,11-13,19,21,27H,10H2,1-5H3/t13-,19-,21+/m1/s1. The summed E-state index contributed by atoms with van der Waals surface area (Å²) in [5.74, 6) is -4.18. The number of esters is 2. The summed E-state index contributed by atoms with van der Waals surface area (Å²) in [6.45, 7) is 6.94. The lowest BCUT2D eigenvalue weighted by Crippen LogP contribution is -2.44. The Morgan fingerprint density at radius 3 is 2.56 bits per heavy atom. The third-order valence-corrected chi connectivity index (χ3v) is 6.32. The van der Waals surface area contributed by atoms with Gasteiger partial charge in [-0.3, -0.25) is 14.4 Å². The van der Waals surface area contributed by atoms with E-state index in [0.717, 1.165) is 0 Å². The molecule has 8 heteroatoms. The van der Waals surface area contributed by atoms with Gasteiger partial charge >= 0.3 is 11.9 Å². The number of fused-ring (bicyclic) bond motifs is 1. The smallest absolute Gasteiger partial charge is 0.337 e. The van der Waals surface area contributed by atoms with Crippen LogP contribution in [-0.4, -0.2) is 30.9 Å². The lowest BCUT2D eigenvalue weighted by atomic mass is 9.69. The van der Waals surface area contributed by atoms with E-state index in [1.807, 2.05) is 0 Å². The molecule has 2 aromatic rings. The van der Waals surface area contributed by atoms with Gasteiger partial charge in [-0.1, -0.05) is 19.1 Å². The number of hydrogen-bond acceptors (Lipinski definition) is 8. The number of carbonyl (C=O) groups excluding carboxylic acids is 3. The minimum absolute atomic E-state index is 0.134. The topological polar surface area (TPSA) is 112 Å². The van der Waals surface area contributed by atoms with Gasteiger partial charge < -0.3 is 19.2 Å². The lowest BCUT2D eigenvalue weighted by molar-refractivity contribution is -0.151. The first-order valence-corrected chi connectivity index (χ1v) is 11.2. The largest absolute Gasteiger partial charge is 0.468 e. The van der Waals surface area contributed by atoms with E-state index in [-0.39, 0.29) is 28.1 Å². The second-order valence-electron chi connectivity index (χ2n) is 9.01. The normalized spacial score (nSPS) is 22.5. The SMILES string of the molecule is COC(=O)[C@H]1C(=O)C2=C(C[C@H]1C)NC(C)=C(C(=O)OC(C)C)[C@@H]2c1coc2ccccc2c1=O. The highest BCUT2D eigenvalue weighted by Crippen LogP contribution is 2.45. The highest BCUT2D eigenvalue weighted by Gasteiger charge is 2.48. The molecule has 3 atom stereocenters. The van der Waals surface area contributed by atoms with Crippen LogP contribution in [0.3, 0.4) is 0 Å². The molecular weight excluding hydrogens is 438 g/mol. The number of ketones is 1. The van der Waals surface area contributed by atoms with Gasteiger partial charge in [-0.25, -0.2) is 4.79 Å². The molecule has 34 heavy (non-hydrogen) atoms. The van der Waals surface area contributed by atoms with Crippen molar-refractivity contribution >= 4 is 28.7 Å². The highest BCUT2D eigenvalue weighted by atomic mass is 16.5. The molecule has 1 aliphatic carbocycles. The fraction of sp³-hybridized carbons (Fsp3) is 0.385. The van der Waals surface area contributed by atoms with Gasteiger partial charge in [-0.05, 0) is 45.2 Å². The van der Waals surface area contributed by atoms with Crippen LogP contribution in [0.15, 0.2) is 62.3 Å². The molecule has 4 rings (SSSR count). The highest BCUT2D eigenvalue weighted by molar-refractivity contribution is 6.12. The van der Waals surface area contributed by atoms with Gasteiger partial charge in [0.25, 0.3) is 0 Å². The zero-order valence-corrected chi connectivity index (χ0v) is 19.8. The van der Waals surface area contributed by atoms with Crippen LogP contribution in [0.1, 0.15) is 45.6 Å². The molecule has 0 fully saturated rings. The predicted molar refractivity (Wildman–Crippen MR) is 124 cm³/mol. The van der Waals surface area contributed by atoms with Crippen LogP contribution >= 0.6 is 0 Å². The minimum atomic E-state index is -1.05. The zero-order chi connectivity index (χ0) is 24.7. The quantitative estimate of drug-likeness (QED) is 0.540. The van der Waals surface area contributed by atoms with Crippen LogP contribution < -0.4 is 10.7 Å². The molecule has 0 bridgehead atoms. The molecule has 0 unspecified atom stereocenters. The van der Waals surface area contributed by atoms with E-state index in [2.05, 4.69) is 5.32 Å². The molecule has 0 spiro atoms. The molecule has 0 radical (unpaired) electrons. The molecule has 2 aliphatic rings. The Bertz CT molecular complexity index is 1310. The fourth-order valence-corrected chi connectivity index (χ4v) is 4.83. The number of dihydropyridines is 1. The van der Waals surface area contributed by atoms with Crippen LogP contribution in [0.2, 0.25) is 0 Å². The van der Waals surface area contributed by atoms with Crippen molar-refractivity contribution in [2.75, 3.05) is 7.11 Å². The molecular formula is C26H27NO7. The van der Waals surface area contributed by atoms with Gasteiger partial charge in [0.05, 0.1) is 36.4 Å². The molecule has 1 aromatic carbocycles. The van der Waals surface area contributed by atoms with Crippen molar-refractivity contribution in [1.29, 1.82) is 0 Å². The summed E-state index contributed by atoms with van der Waals surface area (Å²) in [5.41, 5.74) is 1.56. The number of methoxy groups -OCH3 is 1. The van der Waals surface area contributed by atoms with Crippen molar-refractivity contribution in [2.24, 2.45) is 11.8 Å². The Kier molecular flexibility index (Phi) is 6.17. The van der Waals surface area contributed by atoms with Crippen molar-refractivity contribution in [3.8, 4) is 0 Å². The number of hydrogen-bond donors (Lipinski definition) is 1. The van der Waals surface area contributed by atoms with E-state index < -0.39 is 35.7 Å². The van der Waals surface area contributed by atoms with Gasteiger partial charge in [0.15, 0.2) is 11.2 Å². The average molecular weight is 466 g/mol. The van der Waals surface area contributed by atoms with Crippen molar-refractivity contribution in [3.63, 3.8) is 0 Å². The van der Waals surface area contributed by atoms with E-state index in [1.54, 1.807) is 52.0 Å². The van der Waals surface area contributed by atoms with E-state index in [9.17, 15) is 19.2 Å². The first-order valence-electron chi connectivity index (χ1n) is 11.2. The summed E-state index contributed by atoms with van der Waals surface area (Å²) in [6.07, 6.45) is 1.25. The molecule has 178 valence electrons. The summed E-state index contributed by atoms with van der Waals surface area (Å²) < 4.78 is 16.1. The molecule has 2 heterocycles. The Hall–Kier alpha value is -3.68. The van der Waals surface area contributed by atoms with Gasteiger partial charge in [0, 0.05) is 22.5 Å². The fourth-order valence-electron chi connectivity index (χ4n) is 4.83. The maximum atomic E-state index is 13.7. The second kappa shape index (κ2) is 8.93. The van der Waals surface area contributed by atoms with Gasteiger partial charge in [-0.15, -0.1) is 0 Å². The van der Waals surface area contributed by atoms with Crippen LogP contribution in [0, 0.1) is 11.8 Å². The number of para-hydroxylation sites is 1. The number of allylic oxidation sites excluding steroid dienone is 3. The van der Waals surface area contributed by atoms with Crippen LogP contribution in [0.4, 0.5) is 0 Å². The number of carbonyl (C=O) groups is 3. The third kappa shape index (κ3) is 3.83. The Labute approximate surface area is 196 Å². The van der Waals surface area contributed by atoms with Gasteiger partial charge in [0.1, 0.15) is 11.5 Å². The van der Waals surface area contributed by atoms with Gasteiger partial charge in [0.2, 0.25) is 0 Å². The van der Waals surface area contributed by atoms with E-state index in [1.165, 1.54) is 13.4 Å². The number of benzene rings is 1. The number of Topliss-reactive ketones (excluding diaryl/α,β-unsaturated/α-hetero) is 1. The maximum absolute atomic E-state index is 13.7. The third-order valence-electron chi connectivity index (χ3n) is 6.32. The summed E-state index contributed by atoms with van der Waals surface area (Å²) in [5, 5.41) is 3.50. The number of nitrogens with one attached hydrogen (secondary N) is 1. The van der Waals surface area contributed by atoms with Crippen LogP contribution in [0.25, 0.3) is 11.0 Å². The van der Waals surface area contributed by atoms with Gasteiger partial charge in [-0.2, -0.15) is 0 Å². The van der Waals surface area contributed by atoms with E-state index >= 15 is 0 Å². The Balaban J connectivity index is 1.97. The summed E-state index contributed by atoms with van der Waals surface area (Å²) in [7, 11) is 1.23. The monoisotopic (exact) mass is 465 g/mol. The molecule has 8 nitrogen and oxygen atoms in total. The lowest BCUT2D eigenvalue weighted by Gasteiger charge is -2.38.